The van der Waals surface area contributed by atoms with Crippen LogP contribution in [0.2, 0.25) is 0 Å². The smallest absolute Gasteiger partial charge is 0.266 e. The molecule has 152 valence electrons. The quantitative estimate of drug-likeness (QED) is 0.635. The molecule has 0 saturated carbocycles. The Bertz CT molecular complexity index is 1050. The van der Waals surface area contributed by atoms with Crippen LogP contribution in [0.4, 0.5) is 4.39 Å². The molecule has 0 amide bonds. The maximum Gasteiger partial charge on any atom is 0.266 e. The van der Waals surface area contributed by atoms with E-state index >= 15 is 0 Å². The number of hydrogen-bond donors (Lipinski definition) is 0. The summed E-state index contributed by atoms with van der Waals surface area (Å²) >= 11 is 1.61. The van der Waals surface area contributed by atoms with E-state index in [0.717, 1.165) is 59.3 Å². The number of aromatic nitrogens is 3. The maximum atomic E-state index is 13.4. The zero-order valence-electron chi connectivity index (χ0n) is 16.8. The molecule has 1 fully saturated rings. The molecule has 0 radical (unpaired) electrons. The Balaban J connectivity index is 1.40. The molecule has 4 rings (SSSR count). The average molecular weight is 413 g/mol. The molecule has 0 unspecified atom stereocenters. The van der Waals surface area contributed by atoms with E-state index in [1.807, 2.05) is 19.9 Å². The number of nitrogens with zero attached hydrogens (tertiary/aromatic N) is 4. The Morgan fingerprint density at radius 1 is 1.17 bits per heavy atom. The van der Waals surface area contributed by atoms with E-state index in [1.165, 1.54) is 6.07 Å². The predicted molar refractivity (Wildman–Crippen MR) is 113 cm³/mol. The third-order valence-corrected chi connectivity index (χ3v) is 6.53. The van der Waals surface area contributed by atoms with Crippen molar-refractivity contribution in [1.29, 1.82) is 0 Å². The molecule has 0 N–H and O–H groups in total. The predicted octanol–water partition coefficient (Wildman–Crippen LogP) is 4.03. The van der Waals surface area contributed by atoms with Gasteiger partial charge in [0.05, 0.1) is 15.6 Å². The van der Waals surface area contributed by atoms with Gasteiger partial charge in [-0.2, -0.15) is 5.10 Å². The molecule has 1 aliphatic rings. The Morgan fingerprint density at radius 2 is 1.97 bits per heavy atom. The van der Waals surface area contributed by atoms with Crippen LogP contribution >= 0.6 is 11.3 Å². The number of rotatable bonds is 5. The van der Waals surface area contributed by atoms with Gasteiger partial charge >= 0.3 is 0 Å². The van der Waals surface area contributed by atoms with Crippen molar-refractivity contribution in [1.82, 2.24) is 19.7 Å². The van der Waals surface area contributed by atoms with E-state index in [0.29, 0.717) is 12.5 Å². The first-order valence-electron chi connectivity index (χ1n) is 9.97. The Hall–Kier alpha value is -2.38. The van der Waals surface area contributed by atoms with Crippen molar-refractivity contribution in [2.24, 2.45) is 5.92 Å². The lowest BCUT2D eigenvalue weighted by molar-refractivity contribution is 0.163. The van der Waals surface area contributed by atoms with Crippen LogP contribution in [0.25, 0.3) is 10.6 Å². The number of hydrogen-bond acceptors (Lipinski definition) is 5. The number of thiazole rings is 1. The molecular weight excluding hydrogens is 387 g/mol. The molecule has 3 heterocycles. The summed E-state index contributed by atoms with van der Waals surface area (Å²) in [4.78, 5) is 20.2. The van der Waals surface area contributed by atoms with Gasteiger partial charge in [0.2, 0.25) is 0 Å². The SMILES string of the molecule is Cc1nc(C)c(-c2ccc(=O)n(CC3CCN(Cc4cccc(F)c4)CC3)n2)s1. The second-order valence-corrected chi connectivity index (χ2v) is 8.94. The van der Waals surface area contributed by atoms with Crippen LogP contribution in [-0.4, -0.2) is 32.8 Å². The highest BCUT2D eigenvalue weighted by molar-refractivity contribution is 7.15. The normalized spacial score (nSPS) is 15.7. The first kappa shape index (κ1) is 19.9. The standard InChI is InChI=1S/C22H25FN4OS/c1-15-22(29-16(2)24-15)20-6-7-21(28)27(25-20)14-17-8-10-26(11-9-17)13-18-4-3-5-19(23)12-18/h3-7,12,17H,8-11,13-14H2,1-2H3. The summed E-state index contributed by atoms with van der Waals surface area (Å²) < 4.78 is 15.0. The fourth-order valence-electron chi connectivity index (χ4n) is 3.93. The monoisotopic (exact) mass is 412 g/mol. The summed E-state index contributed by atoms with van der Waals surface area (Å²) in [7, 11) is 0. The molecule has 1 saturated heterocycles. The van der Waals surface area contributed by atoms with Crippen molar-refractivity contribution >= 4 is 11.3 Å². The highest BCUT2D eigenvalue weighted by Gasteiger charge is 2.21. The molecule has 1 aromatic carbocycles. The van der Waals surface area contributed by atoms with E-state index in [9.17, 15) is 9.18 Å². The van der Waals surface area contributed by atoms with E-state index in [-0.39, 0.29) is 11.4 Å². The van der Waals surface area contributed by atoms with Crippen LogP contribution in [0, 0.1) is 25.6 Å². The summed E-state index contributed by atoms with van der Waals surface area (Å²) in [5.74, 6) is 0.234. The van der Waals surface area contributed by atoms with Gasteiger partial charge in [-0.3, -0.25) is 9.69 Å². The fourth-order valence-corrected chi connectivity index (χ4v) is 4.82. The van der Waals surface area contributed by atoms with Crippen LogP contribution < -0.4 is 5.56 Å². The number of piperidine rings is 1. The van der Waals surface area contributed by atoms with Crippen molar-refractivity contribution in [3.63, 3.8) is 0 Å². The zero-order chi connectivity index (χ0) is 20.4. The molecule has 7 heteroatoms. The van der Waals surface area contributed by atoms with Crippen LogP contribution in [0.15, 0.2) is 41.2 Å². The zero-order valence-corrected chi connectivity index (χ0v) is 17.6. The maximum absolute atomic E-state index is 13.4. The van der Waals surface area contributed by atoms with Gasteiger partial charge in [-0.1, -0.05) is 12.1 Å². The number of benzene rings is 1. The van der Waals surface area contributed by atoms with E-state index in [1.54, 1.807) is 40.3 Å². The lowest BCUT2D eigenvalue weighted by Gasteiger charge is -2.32. The largest absolute Gasteiger partial charge is 0.299 e. The summed E-state index contributed by atoms with van der Waals surface area (Å²) in [5.41, 5.74) is 2.71. The van der Waals surface area contributed by atoms with Crippen LogP contribution in [0.3, 0.4) is 0 Å². The second kappa shape index (κ2) is 8.55. The van der Waals surface area contributed by atoms with E-state index < -0.39 is 0 Å². The lowest BCUT2D eigenvalue weighted by Crippen LogP contribution is -2.36. The molecule has 0 atom stereocenters. The molecule has 2 aromatic heterocycles. The van der Waals surface area contributed by atoms with Crippen molar-refractivity contribution in [2.45, 2.75) is 39.8 Å². The van der Waals surface area contributed by atoms with Gasteiger partial charge in [0.1, 0.15) is 11.5 Å². The highest BCUT2D eigenvalue weighted by Crippen LogP contribution is 2.27. The molecule has 3 aromatic rings. The molecule has 29 heavy (non-hydrogen) atoms. The molecule has 1 aliphatic heterocycles. The van der Waals surface area contributed by atoms with Crippen LogP contribution in [0.1, 0.15) is 29.1 Å². The summed E-state index contributed by atoms with van der Waals surface area (Å²) in [6.07, 6.45) is 2.01. The first-order valence-corrected chi connectivity index (χ1v) is 10.8. The van der Waals surface area contributed by atoms with Gasteiger partial charge in [0, 0.05) is 19.2 Å². The third kappa shape index (κ3) is 4.79. The van der Waals surface area contributed by atoms with Crippen molar-refractivity contribution in [2.75, 3.05) is 13.1 Å². The van der Waals surface area contributed by atoms with Gasteiger partial charge in [-0.15, -0.1) is 11.3 Å². The molecular formula is C22H25FN4OS. The van der Waals surface area contributed by atoms with Crippen molar-refractivity contribution in [3.8, 4) is 10.6 Å². The molecule has 0 spiro atoms. The van der Waals surface area contributed by atoms with Gasteiger partial charge in [0.15, 0.2) is 0 Å². The van der Waals surface area contributed by atoms with Gasteiger partial charge in [-0.25, -0.2) is 14.1 Å². The van der Waals surface area contributed by atoms with Gasteiger partial charge in [-0.05, 0) is 69.5 Å². The fraction of sp³-hybridized carbons (Fsp3) is 0.409. The van der Waals surface area contributed by atoms with Gasteiger partial charge in [0.25, 0.3) is 5.56 Å². The van der Waals surface area contributed by atoms with Crippen molar-refractivity contribution in [3.05, 3.63) is 68.8 Å². The van der Waals surface area contributed by atoms with E-state index in [4.69, 9.17) is 0 Å². The first-order chi connectivity index (χ1) is 14.0. The Kier molecular flexibility index (Phi) is 5.87. The van der Waals surface area contributed by atoms with Crippen LogP contribution in [-0.2, 0) is 13.1 Å². The number of likely N-dealkylation sites (tertiary alicyclic amines) is 1. The van der Waals surface area contributed by atoms with E-state index in [2.05, 4.69) is 15.0 Å². The highest BCUT2D eigenvalue weighted by atomic mass is 32.1. The molecule has 0 aliphatic carbocycles. The second-order valence-electron chi connectivity index (χ2n) is 7.74. The molecule has 5 nitrogen and oxygen atoms in total. The number of aryl methyl sites for hydroxylation is 2. The average Bonchev–Trinajstić information content (AvgIpc) is 3.03. The Labute approximate surface area is 173 Å². The third-order valence-electron chi connectivity index (χ3n) is 5.44. The minimum atomic E-state index is -0.186. The summed E-state index contributed by atoms with van der Waals surface area (Å²) in [6.45, 7) is 7.25. The van der Waals surface area contributed by atoms with Crippen LogP contribution in [0.5, 0.6) is 0 Å². The number of halogens is 1. The lowest BCUT2D eigenvalue weighted by atomic mass is 9.96. The topological polar surface area (TPSA) is 51.0 Å². The van der Waals surface area contributed by atoms with Gasteiger partial charge < -0.3 is 0 Å². The Morgan fingerprint density at radius 3 is 2.66 bits per heavy atom. The summed E-state index contributed by atoms with van der Waals surface area (Å²) in [5, 5.41) is 5.63. The minimum Gasteiger partial charge on any atom is -0.299 e. The molecule has 0 bridgehead atoms. The summed E-state index contributed by atoms with van der Waals surface area (Å²) in [6, 6.07) is 10.2. The van der Waals surface area contributed by atoms with Crippen molar-refractivity contribution < 1.29 is 4.39 Å². The minimum absolute atomic E-state index is 0.0603.